The summed E-state index contributed by atoms with van der Waals surface area (Å²) in [6, 6.07) is 14.1. The minimum Gasteiger partial charge on any atom is -0.465 e. The molecule has 2 aromatic rings. The van der Waals surface area contributed by atoms with Crippen LogP contribution in [0.15, 0.2) is 48.5 Å². The van der Waals surface area contributed by atoms with Gasteiger partial charge in [-0.3, -0.25) is 0 Å². The van der Waals surface area contributed by atoms with Gasteiger partial charge in [-0.1, -0.05) is 30.3 Å². The van der Waals surface area contributed by atoms with Crippen LogP contribution in [0.5, 0.6) is 0 Å². The second kappa shape index (κ2) is 7.12. The first-order valence-corrected chi connectivity index (χ1v) is 6.74. The van der Waals surface area contributed by atoms with E-state index >= 15 is 0 Å². The van der Waals surface area contributed by atoms with E-state index in [0.717, 1.165) is 16.8 Å². The maximum Gasteiger partial charge on any atom is 0.404 e. The second-order valence-corrected chi connectivity index (χ2v) is 4.75. The predicted molar refractivity (Wildman–Crippen MR) is 85.1 cm³/mol. The standard InChI is InChI=1S/C16H17N3O3/c1-11-4-2-3-5-14(11)19-15(20)18-13-8-6-12(7-9-13)10-17-16(21)22/h2-9,17H,10H2,1H3,(H,21,22)(H2,18,19,20). The van der Waals surface area contributed by atoms with Gasteiger partial charge in [-0.15, -0.1) is 0 Å². The molecule has 4 N–H and O–H groups in total. The molecule has 0 atom stereocenters. The highest BCUT2D eigenvalue weighted by Gasteiger charge is 2.04. The molecule has 0 radical (unpaired) electrons. The average Bonchev–Trinajstić information content (AvgIpc) is 2.49. The van der Waals surface area contributed by atoms with Crippen molar-refractivity contribution < 1.29 is 14.7 Å². The molecule has 0 aliphatic rings. The Morgan fingerprint density at radius 2 is 1.68 bits per heavy atom. The fourth-order valence-corrected chi connectivity index (χ4v) is 1.88. The Labute approximate surface area is 128 Å². The number of aryl methyl sites for hydroxylation is 1. The molecule has 0 saturated heterocycles. The first-order valence-electron chi connectivity index (χ1n) is 6.74. The topological polar surface area (TPSA) is 90.5 Å². The lowest BCUT2D eigenvalue weighted by atomic mass is 10.2. The van der Waals surface area contributed by atoms with Gasteiger partial charge in [-0.05, 0) is 36.2 Å². The molecule has 0 saturated carbocycles. The highest BCUT2D eigenvalue weighted by Crippen LogP contribution is 2.14. The molecule has 6 nitrogen and oxygen atoms in total. The SMILES string of the molecule is Cc1ccccc1NC(=O)Nc1ccc(CNC(=O)O)cc1. The largest absolute Gasteiger partial charge is 0.465 e. The number of hydrogen-bond donors (Lipinski definition) is 4. The summed E-state index contributed by atoms with van der Waals surface area (Å²) in [6.07, 6.45) is -1.07. The van der Waals surface area contributed by atoms with Crippen molar-refractivity contribution in [3.05, 3.63) is 59.7 Å². The van der Waals surface area contributed by atoms with E-state index in [9.17, 15) is 9.59 Å². The molecule has 0 spiro atoms. The van der Waals surface area contributed by atoms with Crippen LogP contribution in [0, 0.1) is 6.92 Å². The van der Waals surface area contributed by atoms with E-state index in [4.69, 9.17) is 5.11 Å². The monoisotopic (exact) mass is 299 g/mol. The van der Waals surface area contributed by atoms with Crippen LogP contribution < -0.4 is 16.0 Å². The Hall–Kier alpha value is -3.02. The smallest absolute Gasteiger partial charge is 0.404 e. The van der Waals surface area contributed by atoms with Crippen molar-refractivity contribution >= 4 is 23.5 Å². The van der Waals surface area contributed by atoms with E-state index in [0.29, 0.717) is 5.69 Å². The van der Waals surface area contributed by atoms with Crippen LogP contribution in [-0.2, 0) is 6.54 Å². The highest BCUT2D eigenvalue weighted by molar-refractivity contribution is 6.00. The third kappa shape index (κ3) is 4.52. The first-order chi connectivity index (χ1) is 10.5. The number of para-hydroxylation sites is 1. The van der Waals surface area contributed by atoms with Crippen molar-refractivity contribution in [2.24, 2.45) is 0 Å². The van der Waals surface area contributed by atoms with Crippen LogP contribution in [0.25, 0.3) is 0 Å². The Morgan fingerprint density at radius 1 is 1.00 bits per heavy atom. The summed E-state index contributed by atoms with van der Waals surface area (Å²) in [4.78, 5) is 22.3. The Morgan fingerprint density at radius 3 is 2.32 bits per heavy atom. The molecule has 0 heterocycles. The molecule has 3 amide bonds. The van der Waals surface area contributed by atoms with Crippen molar-refractivity contribution in [3.63, 3.8) is 0 Å². The number of urea groups is 1. The molecule has 0 unspecified atom stereocenters. The van der Waals surface area contributed by atoms with Crippen LogP contribution in [0.2, 0.25) is 0 Å². The minimum absolute atomic E-state index is 0.227. The third-order valence-electron chi connectivity index (χ3n) is 3.05. The zero-order valence-corrected chi connectivity index (χ0v) is 12.1. The van der Waals surface area contributed by atoms with Crippen LogP contribution in [0.1, 0.15) is 11.1 Å². The summed E-state index contributed by atoms with van der Waals surface area (Å²) in [7, 11) is 0. The number of nitrogens with one attached hydrogen (secondary N) is 3. The molecule has 0 aliphatic heterocycles. The van der Waals surface area contributed by atoms with Crippen LogP contribution >= 0.6 is 0 Å². The van der Waals surface area contributed by atoms with Crippen molar-refractivity contribution in [3.8, 4) is 0 Å². The van der Waals surface area contributed by atoms with Gasteiger partial charge in [0.15, 0.2) is 0 Å². The number of carbonyl (C=O) groups excluding carboxylic acids is 1. The molecule has 6 heteroatoms. The van der Waals surface area contributed by atoms with E-state index in [1.165, 1.54) is 0 Å². The lowest BCUT2D eigenvalue weighted by molar-refractivity contribution is 0.194. The number of carbonyl (C=O) groups is 2. The Balaban J connectivity index is 1.91. The molecular weight excluding hydrogens is 282 g/mol. The summed E-state index contributed by atoms with van der Waals surface area (Å²) in [5, 5.41) is 16.3. The molecule has 0 aromatic heterocycles. The van der Waals surface area contributed by atoms with Crippen molar-refractivity contribution in [2.45, 2.75) is 13.5 Å². The quantitative estimate of drug-likeness (QED) is 0.697. The van der Waals surface area contributed by atoms with E-state index in [-0.39, 0.29) is 12.6 Å². The maximum atomic E-state index is 11.9. The lowest BCUT2D eigenvalue weighted by Gasteiger charge is -2.10. The third-order valence-corrected chi connectivity index (χ3v) is 3.05. The van der Waals surface area contributed by atoms with Gasteiger partial charge in [0.1, 0.15) is 0 Å². The maximum absolute atomic E-state index is 11.9. The molecule has 0 bridgehead atoms. The number of hydrogen-bond acceptors (Lipinski definition) is 2. The van der Waals surface area contributed by atoms with Gasteiger partial charge in [0, 0.05) is 17.9 Å². The van der Waals surface area contributed by atoms with Gasteiger partial charge in [0.05, 0.1) is 0 Å². The predicted octanol–water partition coefficient (Wildman–Crippen LogP) is 3.41. The van der Waals surface area contributed by atoms with E-state index in [1.807, 2.05) is 31.2 Å². The van der Waals surface area contributed by atoms with Gasteiger partial charge in [0.2, 0.25) is 0 Å². The van der Waals surface area contributed by atoms with Crippen molar-refractivity contribution in [1.82, 2.24) is 5.32 Å². The normalized spacial score (nSPS) is 9.86. The summed E-state index contributed by atoms with van der Waals surface area (Å²) in [6.45, 7) is 2.14. The number of benzene rings is 2. The van der Waals surface area contributed by atoms with E-state index in [1.54, 1.807) is 24.3 Å². The highest BCUT2D eigenvalue weighted by atomic mass is 16.4. The summed E-state index contributed by atoms with van der Waals surface area (Å²) < 4.78 is 0. The number of rotatable bonds is 4. The number of amides is 3. The van der Waals surface area contributed by atoms with E-state index in [2.05, 4.69) is 16.0 Å². The molecule has 22 heavy (non-hydrogen) atoms. The van der Waals surface area contributed by atoms with Gasteiger partial charge in [-0.2, -0.15) is 0 Å². The van der Waals surface area contributed by atoms with Crippen LogP contribution in [0.3, 0.4) is 0 Å². The first kappa shape index (κ1) is 15.4. The zero-order chi connectivity index (χ0) is 15.9. The number of anilines is 2. The molecule has 0 fully saturated rings. The molecule has 114 valence electrons. The van der Waals surface area contributed by atoms with Crippen molar-refractivity contribution in [2.75, 3.05) is 10.6 Å². The summed E-state index contributed by atoms with van der Waals surface area (Å²) >= 11 is 0. The van der Waals surface area contributed by atoms with Gasteiger partial charge < -0.3 is 21.1 Å². The van der Waals surface area contributed by atoms with E-state index < -0.39 is 6.09 Å². The summed E-state index contributed by atoms with van der Waals surface area (Å²) in [5.74, 6) is 0. The average molecular weight is 299 g/mol. The lowest BCUT2D eigenvalue weighted by Crippen LogP contribution is -2.21. The number of carboxylic acid groups (broad SMARTS) is 1. The second-order valence-electron chi connectivity index (χ2n) is 4.75. The van der Waals surface area contributed by atoms with Gasteiger partial charge in [-0.25, -0.2) is 9.59 Å². The molecule has 0 aliphatic carbocycles. The molecule has 2 rings (SSSR count). The van der Waals surface area contributed by atoms with Crippen molar-refractivity contribution in [1.29, 1.82) is 0 Å². The van der Waals surface area contributed by atoms with Gasteiger partial charge >= 0.3 is 12.1 Å². The fourth-order valence-electron chi connectivity index (χ4n) is 1.88. The Kier molecular flexibility index (Phi) is 4.98. The van der Waals surface area contributed by atoms with Crippen LogP contribution in [-0.4, -0.2) is 17.2 Å². The Bertz CT molecular complexity index is 669. The molecular formula is C16H17N3O3. The van der Waals surface area contributed by atoms with Gasteiger partial charge in [0.25, 0.3) is 0 Å². The molecule has 2 aromatic carbocycles. The summed E-state index contributed by atoms with van der Waals surface area (Å²) in [5.41, 5.74) is 3.17. The fraction of sp³-hybridized carbons (Fsp3) is 0.125. The minimum atomic E-state index is -1.07. The zero-order valence-electron chi connectivity index (χ0n) is 12.1. The van der Waals surface area contributed by atoms with Crippen LogP contribution in [0.4, 0.5) is 21.0 Å².